The Morgan fingerprint density at radius 1 is 1.00 bits per heavy atom. The van der Waals surface area contributed by atoms with Crippen LogP contribution in [0.4, 0.5) is 8.78 Å². The van der Waals surface area contributed by atoms with Crippen LogP contribution < -0.4 is 5.32 Å². The largest absolute Gasteiger partial charge is 0.341 e. The minimum atomic E-state index is -3.01. The SMILES string of the molecule is CC(=O)N1CC[C@H]2CC[C@@H](C(=O)N3CCCCC3)N2C(=O)[C@@H](NC(=O)c2cc3cc(C(C)(F)F)ccc3s2)C1. The van der Waals surface area contributed by atoms with Crippen LogP contribution in [0.1, 0.15) is 67.6 Å². The van der Waals surface area contributed by atoms with E-state index in [1.807, 2.05) is 4.90 Å². The summed E-state index contributed by atoms with van der Waals surface area (Å²) >= 11 is 1.15. The second-order valence-corrected chi connectivity index (χ2v) is 12.0. The molecule has 5 rings (SSSR count). The Morgan fingerprint density at radius 2 is 1.74 bits per heavy atom. The Morgan fingerprint density at radius 3 is 2.44 bits per heavy atom. The van der Waals surface area contributed by atoms with Crippen LogP contribution in [0.25, 0.3) is 10.1 Å². The lowest BCUT2D eigenvalue weighted by atomic mass is 10.1. The maximum absolute atomic E-state index is 14.0. The molecule has 4 heterocycles. The van der Waals surface area contributed by atoms with Crippen LogP contribution in [0.15, 0.2) is 24.3 Å². The fourth-order valence-corrected chi connectivity index (χ4v) is 6.94. The molecule has 8 nitrogen and oxygen atoms in total. The van der Waals surface area contributed by atoms with Gasteiger partial charge in [-0.15, -0.1) is 11.3 Å². The van der Waals surface area contributed by atoms with Gasteiger partial charge < -0.3 is 20.0 Å². The summed E-state index contributed by atoms with van der Waals surface area (Å²) in [5.41, 5.74) is -0.142. The van der Waals surface area contributed by atoms with Gasteiger partial charge in [-0.3, -0.25) is 19.2 Å². The van der Waals surface area contributed by atoms with Gasteiger partial charge in [-0.1, -0.05) is 6.07 Å². The molecule has 1 aromatic heterocycles. The zero-order chi connectivity index (χ0) is 27.9. The molecule has 2 aromatic rings. The van der Waals surface area contributed by atoms with Crippen LogP contribution >= 0.6 is 11.3 Å². The molecule has 1 N–H and O–H groups in total. The predicted octanol–water partition coefficient (Wildman–Crippen LogP) is 3.74. The smallest absolute Gasteiger partial charge is 0.270 e. The van der Waals surface area contributed by atoms with Crippen molar-refractivity contribution in [3.8, 4) is 0 Å². The number of hydrogen-bond acceptors (Lipinski definition) is 5. The second-order valence-electron chi connectivity index (χ2n) is 10.9. The van der Waals surface area contributed by atoms with Gasteiger partial charge in [0, 0.05) is 56.3 Å². The lowest BCUT2D eigenvalue weighted by Crippen LogP contribution is -2.61. The Balaban J connectivity index is 1.40. The number of thiophene rings is 1. The molecule has 1 aromatic carbocycles. The van der Waals surface area contributed by atoms with E-state index in [1.54, 1.807) is 21.9 Å². The molecule has 0 unspecified atom stereocenters. The molecule has 0 bridgehead atoms. The van der Waals surface area contributed by atoms with Gasteiger partial charge in [-0.05, 0) is 62.1 Å². The monoisotopic (exact) mass is 560 g/mol. The van der Waals surface area contributed by atoms with Crippen molar-refractivity contribution in [2.45, 2.75) is 76.4 Å². The standard InChI is InChI=1S/C28H34F2N4O4S/c1-17(35)33-13-10-20-7-8-22(27(38)32-11-4-3-5-12-32)34(20)26(37)21(16-33)31-25(36)24-15-18-14-19(28(2,29)30)6-9-23(18)39-24/h6,9,14-15,20-22H,3-5,7-8,10-13,16H2,1-2H3,(H,31,36)/t20-,21+,22+/m1/s1. The van der Waals surface area contributed by atoms with Crippen molar-refractivity contribution in [2.24, 2.45) is 0 Å². The van der Waals surface area contributed by atoms with Crippen molar-refractivity contribution in [1.82, 2.24) is 20.0 Å². The second kappa shape index (κ2) is 10.8. The van der Waals surface area contributed by atoms with Crippen LogP contribution in [-0.2, 0) is 20.3 Å². The average Bonchev–Trinajstić information content (AvgIpc) is 3.52. The van der Waals surface area contributed by atoms with Crippen molar-refractivity contribution in [3.63, 3.8) is 0 Å². The molecule has 0 aliphatic carbocycles. The number of hydrogen-bond donors (Lipinski definition) is 1. The minimum absolute atomic E-state index is 0.00481. The number of carbonyl (C=O) groups excluding carboxylic acids is 4. The molecule has 3 saturated heterocycles. The molecule has 11 heteroatoms. The number of nitrogens with one attached hydrogen (secondary N) is 1. The number of nitrogens with zero attached hydrogens (tertiary/aromatic N) is 3. The molecule has 3 atom stereocenters. The van der Waals surface area contributed by atoms with E-state index in [1.165, 1.54) is 19.1 Å². The molecule has 3 aliphatic heterocycles. The first-order chi connectivity index (χ1) is 18.5. The number of carbonyl (C=O) groups is 4. The number of benzene rings is 1. The summed E-state index contributed by atoms with van der Waals surface area (Å²) in [5, 5.41) is 3.33. The number of alkyl halides is 2. The summed E-state index contributed by atoms with van der Waals surface area (Å²) in [6.45, 7) is 4.08. The summed E-state index contributed by atoms with van der Waals surface area (Å²) in [4.78, 5) is 58.5. The third-order valence-corrected chi connectivity index (χ3v) is 9.26. The van der Waals surface area contributed by atoms with Gasteiger partial charge in [0.25, 0.3) is 11.8 Å². The van der Waals surface area contributed by atoms with E-state index in [0.717, 1.165) is 37.5 Å². The number of fused-ring (bicyclic) bond motifs is 2. The first kappa shape index (κ1) is 27.5. The van der Waals surface area contributed by atoms with Crippen LogP contribution in [0.2, 0.25) is 0 Å². The van der Waals surface area contributed by atoms with E-state index in [4.69, 9.17) is 0 Å². The van der Waals surface area contributed by atoms with Crippen molar-refractivity contribution in [1.29, 1.82) is 0 Å². The number of rotatable bonds is 4. The molecule has 3 aliphatic rings. The quantitative estimate of drug-likeness (QED) is 0.617. The van der Waals surface area contributed by atoms with E-state index in [-0.39, 0.29) is 40.7 Å². The summed E-state index contributed by atoms with van der Waals surface area (Å²) in [5.74, 6) is -4.11. The van der Waals surface area contributed by atoms with Crippen LogP contribution in [0.3, 0.4) is 0 Å². The highest BCUT2D eigenvalue weighted by Gasteiger charge is 2.46. The molecular weight excluding hydrogens is 526 g/mol. The van der Waals surface area contributed by atoms with Crippen LogP contribution in [-0.4, -0.2) is 82.6 Å². The van der Waals surface area contributed by atoms with E-state index >= 15 is 0 Å². The van der Waals surface area contributed by atoms with E-state index < -0.39 is 23.9 Å². The molecule has 0 saturated carbocycles. The Hall–Kier alpha value is -3.08. The summed E-state index contributed by atoms with van der Waals surface area (Å²) < 4.78 is 28.3. The summed E-state index contributed by atoms with van der Waals surface area (Å²) in [6.07, 6.45) is 4.81. The molecule has 4 amide bonds. The first-order valence-electron chi connectivity index (χ1n) is 13.6. The number of amides is 4. The number of likely N-dealkylation sites (tertiary alicyclic amines) is 1. The van der Waals surface area contributed by atoms with Crippen molar-refractivity contribution < 1.29 is 28.0 Å². The highest BCUT2D eigenvalue weighted by atomic mass is 32.1. The van der Waals surface area contributed by atoms with Gasteiger partial charge in [0.05, 0.1) is 4.88 Å². The number of halogens is 2. The maximum Gasteiger partial charge on any atom is 0.270 e. The normalized spacial score (nSPS) is 24.4. The molecule has 0 spiro atoms. The van der Waals surface area contributed by atoms with Crippen molar-refractivity contribution in [3.05, 3.63) is 34.7 Å². The fraction of sp³-hybridized carbons (Fsp3) is 0.571. The molecular formula is C28H34F2N4O4S. The zero-order valence-electron chi connectivity index (χ0n) is 22.3. The molecule has 210 valence electrons. The average molecular weight is 561 g/mol. The molecule has 3 fully saturated rings. The van der Waals surface area contributed by atoms with Gasteiger partial charge in [0.15, 0.2) is 0 Å². The Bertz CT molecular complexity index is 1290. The molecule has 39 heavy (non-hydrogen) atoms. The fourth-order valence-electron chi connectivity index (χ4n) is 5.99. The maximum atomic E-state index is 14.0. The Kier molecular flexibility index (Phi) is 7.63. The van der Waals surface area contributed by atoms with E-state index in [9.17, 15) is 28.0 Å². The summed E-state index contributed by atoms with van der Waals surface area (Å²) in [7, 11) is 0. The summed E-state index contributed by atoms with van der Waals surface area (Å²) in [6, 6.07) is 4.04. The minimum Gasteiger partial charge on any atom is -0.341 e. The number of piperidine rings is 1. The third kappa shape index (κ3) is 5.64. The van der Waals surface area contributed by atoms with Gasteiger partial charge >= 0.3 is 0 Å². The zero-order valence-corrected chi connectivity index (χ0v) is 23.1. The van der Waals surface area contributed by atoms with Gasteiger partial charge in [-0.25, -0.2) is 8.78 Å². The third-order valence-electron chi connectivity index (χ3n) is 8.14. The van der Waals surface area contributed by atoms with Gasteiger partial charge in [0.1, 0.15) is 12.1 Å². The topological polar surface area (TPSA) is 90.0 Å². The first-order valence-corrected chi connectivity index (χ1v) is 14.4. The molecule has 0 radical (unpaired) electrons. The Labute approximate surface area is 230 Å². The van der Waals surface area contributed by atoms with Crippen molar-refractivity contribution >= 4 is 45.1 Å². The van der Waals surface area contributed by atoms with Gasteiger partial charge in [-0.2, -0.15) is 0 Å². The van der Waals surface area contributed by atoms with Crippen molar-refractivity contribution in [2.75, 3.05) is 26.2 Å². The van der Waals surface area contributed by atoms with E-state index in [2.05, 4.69) is 5.32 Å². The highest BCUT2D eigenvalue weighted by molar-refractivity contribution is 7.20. The van der Waals surface area contributed by atoms with Crippen LogP contribution in [0.5, 0.6) is 0 Å². The predicted molar refractivity (Wildman–Crippen MR) is 144 cm³/mol. The van der Waals surface area contributed by atoms with E-state index in [0.29, 0.717) is 49.0 Å². The van der Waals surface area contributed by atoms with Crippen LogP contribution in [0, 0.1) is 0 Å². The van der Waals surface area contributed by atoms with Gasteiger partial charge in [0.2, 0.25) is 17.7 Å². The highest BCUT2D eigenvalue weighted by Crippen LogP contribution is 2.34. The lowest BCUT2D eigenvalue weighted by Gasteiger charge is -2.40. The lowest BCUT2D eigenvalue weighted by molar-refractivity contribution is -0.149.